The summed E-state index contributed by atoms with van der Waals surface area (Å²) in [5, 5.41) is 10.5. The molecular formula is C34H33FN6O3. The quantitative estimate of drug-likeness (QED) is 0.256. The highest BCUT2D eigenvalue weighted by molar-refractivity contribution is 6.04. The molecule has 0 bridgehead atoms. The Bertz CT molecular complexity index is 1910. The molecule has 0 amide bonds. The van der Waals surface area contributed by atoms with E-state index in [0.29, 0.717) is 29.3 Å². The molecule has 2 fully saturated rings. The van der Waals surface area contributed by atoms with E-state index in [1.54, 1.807) is 24.4 Å². The Kier molecular flexibility index (Phi) is 7.81. The number of pyridine rings is 2. The summed E-state index contributed by atoms with van der Waals surface area (Å²) in [7, 11) is 0. The summed E-state index contributed by atoms with van der Waals surface area (Å²) in [6.07, 6.45) is 5.83. The summed E-state index contributed by atoms with van der Waals surface area (Å²) < 4.78 is 28.4. The minimum Gasteiger partial charge on any atom is -0.473 e. The lowest BCUT2D eigenvalue weighted by Crippen LogP contribution is -2.34. The molecule has 7 rings (SSSR count). The van der Waals surface area contributed by atoms with Crippen molar-refractivity contribution in [2.75, 3.05) is 19.7 Å². The monoisotopic (exact) mass is 592 g/mol. The van der Waals surface area contributed by atoms with Crippen LogP contribution in [0.3, 0.4) is 0 Å². The van der Waals surface area contributed by atoms with E-state index in [1.165, 1.54) is 6.07 Å². The smallest absolute Gasteiger partial charge is 0.255 e. The van der Waals surface area contributed by atoms with Gasteiger partial charge >= 0.3 is 0 Å². The first-order valence-electron chi connectivity index (χ1n) is 15.2. The van der Waals surface area contributed by atoms with Crippen LogP contribution >= 0.6 is 0 Å². The predicted molar refractivity (Wildman–Crippen MR) is 164 cm³/mol. The van der Waals surface area contributed by atoms with Gasteiger partial charge in [-0.15, -0.1) is 0 Å². The van der Waals surface area contributed by atoms with Crippen LogP contribution in [-0.2, 0) is 24.4 Å². The molecule has 0 unspecified atom stereocenters. The van der Waals surface area contributed by atoms with Crippen molar-refractivity contribution in [2.24, 2.45) is 0 Å². The van der Waals surface area contributed by atoms with Crippen LogP contribution in [0.1, 0.15) is 54.2 Å². The van der Waals surface area contributed by atoms with Crippen LogP contribution in [0.5, 0.6) is 5.88 Å². The van der Waals surface area contributed by atoms with E-state index in [-0.39, 0.29) is 23.8 Å². The van der Waals surface area contributed by atoms with Gasteiger partial charge in [0.05, 0.1) is 41.9 Å². The molecule has 2 aromatic carbocycles. The topological polar surface area (TPSA) is 109 Å². The number of hydrogen-bond donors (Lipinski definition) is 1. The highest BCUT2D eigenvalue weighted by Gasteiger charge is 2.26. The Hall–Kier alpha value is -4.59. The van der Waals surface area contributed by atoms with Crippen LogP contribution in [0.4, 0.5) is 4.39 Å². The Morgan fingerprint density at radius 2 is 1.95 bits per heavy atom. The van der Waals surface area contributed by atoms with Crippen LogP contribution in [-0.4, -0.2) is 50.2 Å². The molecule has 2 aliphatic heterocycles. The van der Waals surface area contributed by atoms with Gasteiger partial charge in [0.1, 0.15) is 18.2 Å². The van der Waals surface area contributed by atoms with Crippen molar-refractivity contribution < 1.29 is 13.9 Å². The Morgan fingerprint density at radius 3 is 2.75 bits per heavy atom. The number of fused-ring (bicyclic) bond motifs is 3. The number of rotatable bonds is 8. The van der Waals surface area contributed by atoms with Crippen LogP contribution in [0.15, 0.2) is 65.6 Å². The summed E-state index contributed by atoms with van der Waals surface area (Å²) >= 11 is 0. The van der Waals surface area contributed by atoms with Crippen molar-refractivity contribution in [3.05, 3.63) is 99.6 Å². The van der Waals surface area contributed by atoms with Gasteiger partial charge in [0.2, 0.25) is 5.88 Å². The summed E-state index contributed by atoms with van der Waals surface area (Å²) in [5.41, 5.74) is 3.44. The van der Waals surface area contributed by atoms with Crippen molar-refractivity contribution in [3.63, 3.8) is 0 Å². The van der Waals surface area contributed by atoms with Crippen molar-refractivity contribution in [1.29, 1.82) is 5.26 Å². The van der Waals surface area contributed by atoms with E-state index in [9.17, 15) is 9.18 Å². The van der Waals surface area contributed by atoms with Crippen LogP contribution in [0, 0.1) is 17.1 Å². The molecule has 224 valence electrons. The molecule has 0 saturated carbocycles. The normalized spacial score (nSPS) is 17.8. The number of nitrogens with zero attached hydrogens (tertiary/aromatic N) is 5. The van der Waals surface area contributed by atoms with E-state index >= 15 is 0 Å². The minimum atomic E-state index is -0.460. The van der Waals surface area contributed by atoms with Gasteiger partial charge < -0.3 is 19.0 Å². The van der Waals surface area contributed by atoms with E-state index < -0.39 is 5.82 Å². The molecule has 44 heavy (non-hydrogen) atoms. The van der Waals surface area contributed by atoms with E-state index in [1.807, 2.05) is 36.4 Å². The van der Waals surface area contributed by atoms with Crippen molar-refractivity contribution in [1.82, 2.24) is 24.4 Å². The number of nitrogens with one attached hydrogen (secondary N) is 1. The Morgan fingerprint density at radius 1 is 1.07 bits per heavy atom. The van der Waals surface area contributed by atoms with Crippen LogP contribution in [0.25, 0.3) is 21.8 Å². The second-order valence-electron chi connectivity index (χ2n) is 11.6. The zero-order valence-corrected chi connectivity index (χ0v) is 24.3. The first kappa shape index (κ1) is 28.2. The molecule has 0 radical (unpaired) electrons. The number of benzene rings is 2. The number of halogens is 1. The van der Waals surface area contributed by atoms with E-state index in [2.05, 4.69) is 14.5 Å². The first-order chi connectivity index (χ1) is 21.6. The highest BCUT2D eigenvalue weighted by Crippen LogP contribution is 2.31. The number of likely N-dealkylation sites (tertiary alicyclic amines) is 1. The second-order valence-corrected chi connectivity index (χ2v) is 11.6. The molecule has 5 aromatic rings. The average molecular weight is 593 g/mol. The standard InChI is InChI=1S/C34H33FN6O3/c35-28-17-22(18-36)6-7-24(28)21-44-32-5-1-4-29(39-32)23-11-14-40(15-12-23)20-31-38-30-9-8-27-26(10-13-37-34(27)42)33(30)41(31)19-25-3-2-16-43-25/h1,4-10,13,17,23,25H,2-3,11-12,14-16,19-21H2,(H,37,42)/t25-/m0/s1. The Balaban J connectivity index is 1.05. The maximum atomic E-state index is 14.3. The molecular weight excluding hydrogens is 559 g/mol. The first-order valence-corrected chi connectivity index (χ1v) is 15.2. The zero-order valence-electron chi connectivity index (χ0n) is 24.3. The third-order valence-corrected chi connectivity index (χ3v) is 8.82. The molecule has 1 N–H and O–H groups in total. The lowest BCUT2D eigenvalue weighted by atomic mass is 9.93. The molecule has 0 aliphatic carbocycles. The maximum Gasteiger partial charge on any atom is 0.255 e. The minimum absolute atomic E-state index is 0.0447. The Labute approximate surface area is 253 Å². The van der Waals surface area contributed by atoms with Crippen LogP contribution < -0.4 is 10.3 Å². The van der Waals surface area contributed by atoms with Gasteiger partial charge in [-0.1, -0.05) is 12.1 Å². The number of ether oxygens (including phenoxy) is 2. The number of aromatic amines is 1. The molecule has 10 heteroatoms. The van der Waals surface area contributed by atoms with E-state index in [4.69, 9.17) is 24.7 Å². The van der Waals surface area contributed by atoms with Gasteiger partial charge in [-0.2, -0.15) is 5.26 Å². The fraction of sp³-hybridized carbons (Fsp3) is 0.353. The molecule has 0 spiro atoms. The predicted octanol–water partition coefficient (Wildman–Crippen LogP) is 5.42. The third kappa shape index (κ3) is 5.68. The van der Waals surface area contributed by atoms with Gasteiger partial charge in [-0.3, -0.25) is 9.69 Å². The number of aromatic nitrogens is 4. The molecule has 9 nitrogen and oxygen atoms in total. The maximum absolute atomic E-state index is 14.3. The molecule has 2 aliphatic rings. The SMILES string of the molecule is N#Cc1ccc(COc2cccc(C3CCN(Cc4nc5ccc6c(=O)[nH]ccc6c5n4C[C@@H]4CCCO4)CC3)n2)c(F)c1. The molecule has 5 heterocycles. The lowest BCUT2D eigenvalue weighted by Gasteiger charge is -2.31. The summed E-state index contributed by atoms with van der Waals surface area (Å²) in [6, 6.07) is 17.8. The number of H-pyrrole nitrogens is 1. The van der Waals surface area contributed by atoms with E-state index in [0.717, 1.165) is 79.9 Å². The molecule has 2 saturated heterocycles. The van der Waals surface area contributed by atoms with Gasteiger partial charge in [-0.25, -0.2) is 14.4 Å². The zero-order chi connectivity index (χ0) is 30.0. The number of hydrogen-bond acceptors (Lipinski definition) is 7. The number of piperidine rings is 1. The van der Waals surface area contributed by atoms with Gasteiger partial charge in [0.15, 0.2) is 0 Å². The second kappa shape index (κ2) is 12.2. The van der Waals surface area contributed by atoms with Crippen molar-refractivity contribution in [2.45, 2.75) is 57.4 Å². The largest absolute Gasteiger partial charge is 0.473 e. The summed E-state index contributed by atoms with van der Waals surface area (Å²) in [6.45, 7) is 4.06. The summed E-state index contributed by atoms with van der Waals surface area (Å²) in [4.78, 5) is 27.6. The van der Waals surface area contributed by atoms with Gasteiger partial charge in [0.25, 0.3) is 5.56 Å². The molecule has 1 atom stereocenters. The van der Waals surface area contributed by atoms with Crippen molar-refractivity contribution >= 4 is 21.8 Å². The lowest BCUT2D eigenvalue weighted by molar-refractivity contribution is 0.0960. The number of nitriles is 1. The fourth-order valence-electron chi connectivity index (χ4n) is 6.46. The summed E-state index contributed by atoms with van der Waals surface area (Å²) in [5.74, 6) is 1.29. The third-order valence-electron chi connectivity index (χ3n) is 8.82. The van der Waals surface area contributed by atoms with Crippen molar-refractivity contribution in [3.8, 4) is 11.9 Å². The fourth-order valence-corrected chi connectivity index (χ4v) is 6.46. The molecule has 3 aromatic heterocycles. The van der Waals surface area contributed by atoms with Gasteiger partial charge in [0, 0.05) is 46.8 Å². The van der Waals surface area contributed by atoms with Gasteiger partial charge in [-0.05, 0) is 75.2 Å². The van der Waals surface area contributed by atoms with Crippen LogP contribution in [0.2, 0.25) is 0 Å². The average Bonchev–Trinajstić information content (AvgIpc) is 3.69. The number of imidazole rings is 1. The highest BCUT2D eigenvalue weighted by atomic mass is 19.1.